The van der Waals surface area contributed by atoms with Gasteiger partial charge in [-0.25, -0.2) is 5.43 Å². The second-order valence-corrected chi connectivity index (χ2v) is 7.78. The molecular formula is C21H14BrClN4O7. The Morgan fingerprint density at radius 1 is 1.03 bits per heavy atom. The van der Waals surface area contributed by atoms with E-state index in [4.69, 9.17) is 21.1 Å². The third kappa shape index (κ3) is 6.73. The summed E-state index contributed by atoms with van der Waals surface area (Å²) >= 11 is 9.08. The number of nitrogens with one attached hydrogen (secondary N) is 1. The Bertz CT molecular complexity index is 1270. The fourth-order valence-electron chi connectivity index (χ4n) is 2.54. The maximum absolute atomic E-state index is 11.8. The van der Waals surface area contributed by atoms with E-state index in [9.17, 15) is 25.0 Å². The third-order valence-corrected chi connectivity index (χ3v) is 4.98. The van der Waals surface area contributed by atoms with Crippen molar-refractivity contribution < 1.29 is 24.1 Å². The monoisotopic (exact) mass is 548 g/mol. The van der Waals surface area contributed by atoms with Crippen LogP contribution in [0.15, 0.2) is 70.2 Å². The molecule has 13 heteroatoms. The number of nitro groups is 2. The van der Waals surface area contributed by atoms with Gasteiger partial charge in [-0.2, -0.15) is 5.10 Å². The highest BCUT2D eigenvalue weighted by molar-refractivity contribution is 9.10. The number of nitrogens with zero attached hydrogens (tertiary/aromatic N) is 3. The third-order valence-electron chi connectivity index (χ3n) is 4.11. The molecule has 0 spiro atoms. The van der Waals surface area contributed by atoms with Gasteiger partial charge in [0.05, 0.1) is 26.6 Å². The second kappa shape index (κ2) is 11.2. The van der Waals surface area contributed by atoms with Crippen molar-refractivity contribution in [2.45, 2.75) is 0 Å². The molecule has 3 aromatic carbocycles. The van der Waals surface area contributed by atoms with Crippen molar-refractivity contribution in [2.75, 3.05) is 6.61 Å². The lowest BCUT2D eigenvalue weighted by Crippen LogP contribution is -2.24. The van der Waals surface area contributed by atoms with Gasteiger partial charge in [-0.3, -0.25) is 25.0 Å². The van der Waals surface area contributed by atoms with E-state index in [0.717, 1.165) is 18.2 Å². The van der Waals surface area contributed by atoms with Crippen molar-refractivity contribution in [1.29, 1.82) is 0 Å². The van der Waals surface area contributed by atoms with Gasteiger partial charge >= 0.3 is 5.69 Å². The second-order valence-electron chi connectivity index (χ2n) is 6.49. The molecule has 0 atom stereocenters. The SMILES string of the molecule is O=C(COc1ccc(Cl)cc1)N/N=C\c1ccc(Oc2ccc([N+](=O)[O-])cc2[N+](=O)[O-])c(Br)c1. The Morgan fingerprint density at radius 2 is 1.74 bits per heavy atom. The Hall–Kier alpha value is -4.03. The summed E-state index contributed by atoms with van der Waals surface area (Å²) in [6.07, 6.45) is 1.38. The molecule has 1 amide bonds. The molecule has 1 N–H and O–H groups in total. The zero-order valence-corrected chi connectivity index (χ0v) is 19.4. The van der Waals surface area contributed by atoms with Crippen LogP contribution < -0.4 is 14.9 Å². The Balaban J connectivity index is 1.61. The molecule has 0 aromatic heterocycles. The Labute approximate surface area is 205 Å². The number of hydrogen-bond donors (Lipinski definition) is 1. The number of carbonyl (C=O) groups excluding carboxylic acids is 1. The lowest BCUT2D eigenvalue weighted by atomic mass is 10.2. The van der Waals surface area contributed by atoms with Crippen LogP contribution in [0, 0.1) is 20.2 Å². The highest BCUT2D eigenvalue weighted by atomic mass is 79.9. The summed E-state index contributed by atoms with van der Waals surface area (Å²) < 4.78 is 11.3. The molecule has 3 rings (SSSR count). The Morgan fingerprint density at radius 3 is 2.38 bits per heavy atom. The topological polar surface area (TPSA) is 146 Å². The smallest absolute Gasteiger partial charge is 0.318 e. The van der Waals surface area contributed by atoms with E-state index in [-0.39, 0.29) is 18.1 Å². The fraction of sp³-hybridized carbons (Fsp3) is 0.0476. The van der Waals surface area contributed by atoms with Crippen LogP contribution >= 0.6 is 27.5 Å². The van der Waals surface area contributed by atoms with Crippen LogP contribution in [-0.4, -0.2) is 28.6 Å². The Kier molecular flexibility index (Phi) is 8.11. The van der Waals surface area contributed by atoms with Crippen molar-refractivity contribution in [3.63, 3.8) is 0 Å². The maximum atomic E-state index is 11.8. The van der Waals surface area contributed by atoms with Gasteiger partial charge in [0.15, 0.2) is 6.61 Å². The number of benzene rings is 3. The zero-order chi connectivity index (χ0) is 24.7. The summed E-state index contributed by atoms with van der Waals surface area (Å²) in [6, 6.07) is 14.3. The van der Waals surface area contributed by atoms with Crippen LogP contribution in [0.5, 0.6) is 17.2 Å². The molecule has 0 radical (unpaired) electrons. The molecule has 34 heavy (non-hydrogen) atoms. The van der Waals surface area contributed by atoms with E-state index in [1.165, 1.54) is 12.3 Å². The number of non-ortho nitro benzene ring substituents is 1. The van der Waals surface area contributed by atoms with Crippen LogP contribution in [0.25, 0.3) is 0 Å². The summed E-state index contributed by atoms with van der Waals surface area (Å²) in [5.74, 6) is 0.0761. The highest BCUT2D eigenvalue weighted by Crippen LogP contribution is 2.37. The first-order chi connectivity index (χ1) is 16.2. The summed E-state index contributed by atoms with van der Waals surface area (Å²) in [4.78, 5) is 32.5. The van der Waals surface area contributed by atoms with Crippen molar-refractivity contribution in [3.8, 4) is 17.2 Å². The van der Waals surface area contributed by atoms with Crippen LogP contribution in [-0.2, 0) is 4.79 Å². The van der Waals surface area contributed by atoms with Crippen LogP contribution in [0.3, 0.4) is 0 Å². The maximum Gasteiger partial charge on any atom is 0.318 e. The standard InChI is InChI=1S/C21H14BrClN4O7/c22-17-9-13(11-24-25-21(28)12-33-16-5-2-14(23)3-6-16)1-7-19(17)34-20-8-4-15(26(29)30)10-18(20)27(31)32/h1-11H,12H2,(H,25,28)/b24-11-. The summed E-state index contributed by atoms with van der Waals surface area (Å²) in [5, 5.41) is 26.5. The van der Waals surface area contributed by atoms with Gasteiger partial charge in [0.25, 0.3) is 11.6 Å². The van der Waals surface area contributed by atoms with E-state index in [0.29, 0.717) is 20.8 Å². The zero-order valence-electron chi connectivity index (χ0n) is 17.0. The summed E-state index contributed by atoms with van der Waals surface area (Å²) in [6.45, 7) is -0.247. The number of rotatable bonds is 9. The molecular weight excluding hydrogens is 536 g/mol. The summed E-state index contributed by atoms with van der Waals surface area (Å²) in [7, 11) is 0. The number of hydrazone groups is 1. The van der Waals surface area contributed by atoms with Crippen LogP contribution in [0.4, 0.5) is 11.4 Å². The predicted octanol–water partition coefficient (Wildman–Crippen LogP) is 5.24. The molecule has 0 aliphatic carbocycles. The number of amides is 1. The van der Waals surface area contributed by atoms with Crippen molar-refractivity contribution >= 4 is 51.0 Å². The quantitative estimate of drug-likeness (QED) is 0.218. The van der Waals surface area contributed by atoms with Gasteiger partial charge in [0.1, 0.15) is 11.5 Å². The molecule has 0 heterocycles. The molecule has 3 aromatic rings. The van der Waals surface area contributed by atoms with Crippen LogP contribution in [0.2, 0.25) is 5.02 Å². The first-order valence-electron chi connectivity index (χ1n) is 9.33. The van der Waals surface area contributed by atoms with Crippen molar-refractivity contribution in [3.05, 3.63) is 96.0 Å². The van der Waals surface area contributed by atoms with Gasteiger partial charge in [-0.1, -0.05) is 11.6 Å². The molecule has 0 saturated carbocycles. The summed E-state index contributed by atoms with van der Waals surface area (Å²) in [5.41, 5.74) is 1.93. The van der Waals surface area contributed by atoms with Gasteiger partial charge in [0.2, 0.25) is 5.75 Å². The van der Waals surface area contributed by atoms with E-state index in [1.54, 1.807) is 36.4 Å². The fourth-order valence-corrected chi connectivity index (χ4v) is 3.14. The number of halogens is 2. The minimum absolute atomic E-state index is 0.161. The normalized spacial score (nSPS) is 10.6. The molecule has 0 saturated heterocycles. The first-order valence-corrected chi connectivity index (χ1v) is 10.5. The van der Waals surface area contributed by atoms with E-state index >= 15 is 0 Å². The van der Waals surface area contributed by atoms with Gasteiger partial charge in [0, 0.05) is 11.1 Å². The first kappa shape index (κ1) is 24.6. The van der Waals surface area contributed by atoms with Gasteiger partial charge in [-0.15, -0.1) is 0 Å². The van der Waals surface area contributed by atoms with Crippen molar-refractivity contribution in [2.24, 2.45) is 5.10 Å². The molecule has 0 unspecified atom stereocenters. The van der Waals surface area contributed by atoms with E-state index in [2.05, 4.69) is 26.5 Å². The highest BCUT2D eigenvalue weighted by Gasteiger charge is 2.21. The van der Waals surface area contributed by atoms with E-state index < -0.39 is 27.1 Å². The molecule has 174 valence electrons. The van der Waals surface area contributed by atoms with Gasteiger partial charge < -0.3 is 9.47 Å². The average Bonchev–Trinajstić information content (AvgIpc) is 2.80. The van der Waals surface area contributed by atoms with Crippen LogP contribution in [0.1, 0.15) is 5.56 Å². The predicted molar refractivity (Wildman–Crippen MR) is 127 cm³/mol. The number of nitro benzene ring substituents is 2. The average molecular weight is 550 g/mol. The number of ether oxygens (including phenoxy) is 2. The van der Waals surface area contributed by atoms with Crippen molar-refractivity contribution in [1.82, 2.24) is 5.43 Å². The minimum atomic E-state index is -0.767. The molecule has 0 aliphatic rings. The number of carbonyl (C=O) groups is 1. The molecule has 11 nitrogen and oxygen atoms in total. The molecule has 0 fully saturated rings. The largest absolute Gasteiger partial charge is 0.484 e. The number of hydrogen-bond acceptors (Lipinski definition) is 8. The molecule has 0 aliphatic heterocycles. The lowest BCUT2D eigenvalue weighted by molar-refractivity contribution is -0.394. The lowest BCUT2D eigenvalue weighted by Gasteiger charge is -2.09. The molecule has 0 bridgehead atoms. The minimum Gasteiger partial charge on any atom is -0.484 e. The van der Waals surface area contributed by atoms with E-state index in [1.807, 2.05) is 0 Å². The van der Waals surface area contributed by atoms with Gasteiger partial charge in [-0.05, 0) is 70.0 Å².